The van der Waals surface area contributed by atoms with Crippen molar-refractivity contribution in [1.29, 1.82) is 0 Å². The third-order valence-electron chi connectivity index (χ3n) is 3.38. The van der Waals surface area contributed by atoms with E-state index < -0.39 is 17.7 Å². The van der Waals surface area contributed by atoms with Crippen LogP contribution in [0.15, 0.2) is 18.2 Å². The fraction of sp³-hybridized carbons (Fsp3) is 0.550. The Morgan fingerprint density at radius 1 is 1.15 bits per heavy atom. The first-order valence-electron chi connectivity index (χ1n) is 9.01. The maximum Gasteiger partial charge on any atom is 0.407 e. The van der Waals surface area contributed by atoms with Crippen LogP contribution in [0.1, 0.15) is 63.4 Å². The Labute approximate surface area is 160 Å². The van der Waals surface area contributed by atoms with Gasteiger partial charge >= 0.3 is 12.1 Å². The minimum absolute atomic E-state index is 0.0226. The summed E-state index contributed by atoms with van der Waals surface area (Å²) in [6.07, 6.45) is 0.0778. The third-order valence-corrected chi connectivity index (χ3v) is 3.38. The maximum atomic E-state index is 11.9. The Bertz CT molecular complexity index is 663. The predicted molar refractivity (Wildman–Crippen MR) is 101 cm³/mol. The zero-order chi connectivity index (χ0) is 20.4. The first-order chi connectivity index (χ1) is 12.6. The van der Waals surface area contributed by atoms with Crippen molar-refractivity contribution in [2.45, 2.75) is 59.7 Å². The average molecular weight is 379 g/mol. The first kappa shape index (κ1) is 22.5. The van der Waals surface area contributed by atoms with Gasteiger partial charge in [-0.1, -0.05) is 0 Å². The van der Waals surface area contributed by atoms with E-state index in [1.54, 1.807) is 39.0 Å². The predicted octanol–water partition coefficient (Wildman–Crippen LogP) is 3.64. The first-order valence-corrected chi connectivity index (χ1v) is 9.01. The number of alkyl carbamates (subject to hydrolysis) is 1. The van der Waals surface area contributed by atoms with E-state index in [9.17, 15) is 14.4 Å². The van der Waals surface area contributed by atoms with E-state index in [0.29, 0.717) is 36.4 Å². The van der Waals surface area contributed by atoms with Gasteiger partial charge in [0.25, 0.3) is 0 Å². The summed E-state index contributed by atoms with van der Waals surface area (Å²) in [5.41, 5.74) is 0.617. The number of Topliss-reactive ketones (excluding diaryl/α,β-unsaturated/α-hetero) is 1. The van der Waals surface area contributed by atoms with Gasteiger partial charge in [-0.15, -0.1) is 0 Å². The highest BCUT2D eigenvalue weighted by Gasteiger charge is 2.16. The summed E-state index contributed by atoms with van der Waals surface area (Å²) in [4.78, 5) is 34.9. The van der Waals surface area contributed by atoms with Gasteiger partial charge in [-0.2, -0.15) is 0 Å². The van der Waals surface area contributed by atoms with Crippen molar-refractivity contribution < 1.29 is 28.6 Å². The molecule has 7 heteroatoms. The van der Waals surface area contributed by atoms with E-state index in [2.05, 4.69) is 5.32 Å². The van der Waals surface area contributed by atoms with Crippen LogP contribution in [-0.2, 0) is 20.9 Å². The SMILES string of the molecule is CCOc1ccc(C(C)=O)cc1COC(=O)CCCNC(=O)OC(C)(C)C. The minimum Gasteiger partial charge on any atom is -0.493 e. The van der Waals surface area contributed by atoms with Gasteiger partial charge in [0, 0.05) is 24.1 Å². The van der Waals surface area contributed by atoms with Gasteiger partial charge in [-0.3, -0.25) is 9.59 Å². The summed E-state index contributed by atoms with van der Waals surface area (Å²) in [6.45, 7) is 9.47. The molecule has 0 fully saturated rings. The number of carbonyl (C=O) groups is 3. The molecule has 0 saturated heterocycles. The van der Waals surface area contributed by atoms with Crippen LogP contribution in [0.3, 0.4) is 0 Å². The number of ether oxygens (including phenoxy) is 3. The largest absolute Gasteiger partial charge is 0.493 e. The normalized spacial score (nSPS) is 10.9. The molecular formula is C20H29NO6. The fourth-order valence-electron chi connectivity index (χ4n) is 2.18. The summed E-state index contributed by atoms with van der Waals surface area (Å²) in [5.74, 6) is 0.123. The third kappa shape index (κ3) is 9.08. The quantitative estimate of drug-likeness (QED) is 0.400. The molecule has 0 bridgehead atoms. The zero-order valence-electron chi connectivity index (χ0n) is 16.7. The molecule has 0 atom stereocenters. The molecule has 1 amide bonds. The monoisotopic (exact) mass is 379 g/mol. The van der Waals surface area contributed by atoms with E-state index >= 15 is 0 Å². The lowest BCUT2D eigenvalue weighted by Crippen LogP contribution is -2.33. The number of nitrogens with one attached hydrogen (secondary N) is 1. The number of hydrogen-bond donors (Lipinski definition) is 1. The molecule has 0 unspecified atom stereocenters. The van der Waals surface area contributed by atoms with Gasteiger partial charge in [0.2, 0.25) is 0 Å². The van der Waals surface area contributed by atoms with Crippen molar-refractivity contribution in [3.8, 4) is 5.75 Å². The van der Waals surface area contributed by atoms with Crippen molar-refractivity contribution in [2.24, 2.45) is 0 Å². The van der Waals surface area contributed by atoms with Gasteiger partial charge in [0.1, 0.15) is 18.0 Å². The number of benzene rings is 1. The highest BCUT2D eigenvalue weighted by molar-refractivity contribution is 5.94. The topological polar surface area (TPSA) is 90.9 Å². The van der Waals surface area contributed by atoms with Gasteiger partial charge in [0.05, 0.1) is 6.61 Å². The number of carbonyl (C=O) groups excluding carboxylic acids is 3. The molecule has 1 N–H and O–H groups in total. The van der Waals surface area contributed by atoms with Crippen molar-refractivity contribution in [2.75, 3.05) is 13.2 Å². The Morgan fingerprint density at radius 2 is 1.85 bits per heavy atom. The molecular weight excluding hydrogens is 350 g/mol. The van der Waals surface area contributed by atoms with Crippen LogP contribution >= 0.6 is 0 Å². The Hall–Kier alpha value is -2.57. The molecule has 0 saturated carbocycles. The second-order valence-corrected chi connectivity index (χ2v) is 7.00. The van der Waals surface area contributed by atoms with Crippen molar-refractivity contribution >= 4 is 17.8 Å². The molecule has 1 aromatic rings. The number of hydrogen-bond acceptors (Lipinski definition) is 6. The van der Waals surface area contributed by atoms with E-state index in [4.69, 9.17) is 14.2 Å². The van der Waals surface area contributed by atoms with Gasteiger partial charge in [-0.05, 0) is 59.2 Å². The highest BCUT2D eigenvalue weighted by Crippen LogP contribution is 2.22. The van der Waals surface area contributed by atoms with Crippen LogP contribution < -0.4 is 10.1 Å². The zero-order valence-corrected chi connectivity index (χ0v) is 16.7. The number of ketones is 1. The lowest BCUT2D eigenvalue weighted by molar-refractivity contribution is -0.145. The molecule has 1 rings (SSSR count). The molecule has 0 aromatic heterocycles. The molecule has 0 heterocycles. The van der Waals surface area contributed by atoms with E-state index in [-0.39, 0.29) is 18.8 Å². The highest BCUT2D eigenvalue weighted by atomic mass is 16.6. The molecule has 7 nitrogen and oxygen atoms in total. The van der Waals surface area contributed by atoms with Gasteiger partial charge in [-0.25, -0.2) is 4.79 Å². The standard InChI is InChI=1S/C20H29NO6/c1-6-25-17-10-9-15(14(2)22)12-16(17)13-26-18(23)8-7-11-21-19(24)27-20(3,4)5/h9-10,12H,6-8,11,13H2,1-5H3,(H,21,24). The van der Waals surface area contributed by atoms with E-state index in [1.807, 2.05) is 6.92 Å². The van der Waals surface area contributed by atoms with Crippen LogP contribution in [0.4, 0.5) is 4.79 Å². The molecule has 0 aliphatic heterocycles. The molecule has 1 aromatic carbocycles. The van der Waals surface area contributed by atoms with Crippen molar-refractivity contribution in [1.82, 2.24) is 5.32 Å². The number of esters is 1. The van der Waals surface area contributed by atoms with Crippen LogP contribution in [0.25, 0.3) is 0 Å². The molecule has 0 radical (unpaired) electrons. The average Bonchev–Trinajstić information content (AvgIpc) is 2.56. The minimum atomic E-state index is -0.560. The van der Waals surface area contributed by atoms with Crippen LogP contribution in [0.2, 0.25) is 0 Å². The second-order valence-electron chi connectivity index (χ2n) is 7.00. The van der Waals surface area contributed by atoms with E-state index in [1.165, 1.54) is 6.92 Å². The van der Waals surface area contributed by atoms with Crippen molar-refractivity contribution in [3.05, 3.63) is 29.3 Å². The van der Waals surface area contributed by atoms with Gasteiger partial charge < -0.3 is 19.5 Å². The van der Waals surface area contributed by atoms with Crippen LogP contribution in [0, 0.1) is 0 Å². The summed E-state index contributed by atoms with van der Waals surface area (Å²) in [5, 5.41) is 2.59. The lowest BCUT2D eigenvalue weighted by atomic mass is 10.1. The summed E-state index contributed by atoms with van der Waals surface area (Å²) in [6, 6.07) is 5.06. The Balaban J connectivity index is 2.44. The molecule has 0 spiro atoms. The van der Waals surface area contributed by atoms with Crippen LogP contribution in [0.5, 0.6) is 5.75 Å². The van der Waals surface area contributed by atoms with E-state index in [0.717, 1.165) is 0 Å². The molecule has 150 valence electrons. The summed E-state index contributed by atoms with van der Waals surface area (Å²) in [7, 11) is 0. The van der Waals surface area contributed by atoms with Crippen molar-refractivity contribution in [3.63, 3.8) is 0 Å². The molecule has 0 aliphatic rings. The maximum absolute atomic E-state index is 11.9. The Morgan fingerprint density at radius 3 is 2.44 bits per heavy atom. The Kier molecular flexibility index (Phi) is 8.78. The molecule has 0 aliphatic carbocycles. The number of amides is 1. The second kappa shape index (κ2) is 10.5. The number of rotatable bonds is 9. The lowest BCUT2D eigenvalue weighted by Gasteiger charge is -2.19. The summed E-state index contributed by atoms with van der Waals surface area (Å²) >= 11 is 0. The smallest absolute Gasteiger partial charge is 0.407 e. The summed E-state index contributed by atoms with van der Waals surface area (Å²) < 4.78 is 15.9. The van der Waals surface area contributed by atoms with Gasteiger partial charge in [0.15, 0.2) is 5.78 Å². The van der Waals surface area contributed by atoms with Crippen LogP contribution in [-0.4, -0.2) is 36.6 Å². The molecule has 27 heavy (non-hydrogen) atoms. The fourth-order valence-corrected chi connectivity index (χ4v) is 2.18.